The fraction of sp³-hybridized carbons (Fsp3) is 0.589. The lowest BCUT2D eigenvalue weighted by molar-refractivity contribution is -0.152. The number of aryl methyl sites for hydroxylation is 2. The van der Waals surface area contributed by atoms with Crippen molar-refractivity contribution < 1.29 is 63.8 Å². The molecule has 0 unspecified atom stereocenters. The Hall–Kier alpha value is -5.81. The van der Waals surface area contributed by atoms with Crippen molar-refractivity contribution in [1.82, 2.24) is 34.3 Å². The smallest absolute Gasteiger partial charge is 0.480 e. The highest BCUT2D eigenvalue weighted by Crippen LogP contribution is 2.34. The van der Waals surface area contributed by atoms with E-state index in [4.69, 9.17) is 18.9 Å². The molecule has 432 valence electrons. The number of hydrogen-bond donors (Lipinski definition) is 0. The number of alkyl halides is 3. The van der Waals surface area contributed by atoms with Crippen LogP contribution in [0, 0.1) is 30.1 Å². The van der Waals surface area contributed by atoms with Crippen LogP contribution >= 0.6 is 0 Å². The second-order valence-electron chi connectivity index (χ2n) is 22.0. The minimum absolute atomic E-state index is 0.143. The molecule has 18 nitrogen and oxygen atoms in total. The molecule has 2 aromatic carbocycles. The van der Waals surface area contributed by atoms with Crippen LogP contribution in [0.5, 0.6) is 11.8 Å². The number of ether oxygens (including phenoxy) is 5. The molecule has 0 saturated carbocycles. The van der Waals surface area contributed by atoms with Crippen molar-refractivity contribution in [3.63, 3.8) is 0 Å². The van der Waals surface area contributed by atoms with Gasteiger partial charge in [0, 0.05) is 70.3 Å². The minimum Gasteiger partial charge on any atom is -0.480 e. The largest absolute Gasteiger partial charge is 0.523 e. The predicted molar refractivity (Wildman–Crippen MR) is 290 cm³/mol. The Balaban J connectivity index is 0.000000218. The molecule has 78 heavy (non-hydrogen) atoms. The second-order valence-corrected chi connectivity index (χ2v) is 23.6. The van der Waals surface area contributed by atoms with E-state index in [9.17, 15) is 36.0 Å². The molecule has 0 amide bonds. The van der Waals surface area contributed by atoms with Gasteiger partial charge in [0.05, 0.1) is 69.3 Å². The number of esters is 3. The van der Waals surface area contributed by atoms with Crippen molar-refractivity contribution in [3.05, 3.63) is 89.3 Å². The number of likely N-dealkylation sites (tertiary alicyclic amines) is 2. The maximum atomic E-state index is 12.2. The highest BCUT2D eigenvalue weighted by atomic mass is 32.2. The zero-order chi connectivity index (χ0) is 57.8. The number of piperidine rings is 2. The van der Waals surface area contributed by atoms with Gasteiger partial charge in [-0.05, 0) is 153 Å². The maximum absolute atomic E-state index is 12.2. The van der Waals surface area contributed by atoms with Crippen molar-refractivity contribution in [2.24, 2.45) is 16.2 Å². The number of nitrogens with zero attached hydrogens (tertiary/aromatic N) is 7. The molecule has 2 fully saturated rings. The van der Waals surface area contributed by atoms with Gasteiger partial charge in [-0.25, -0.2) is 9.36 Å². The van der Waals surface area contributed by atoms with Crippen LogP contribution in [0.2, 0.25) is 0 Å². The van der Waals surface area contributed by atoms with Crippen molar-refractivity contribution in [3.8, 4) is 23.1 Å². The highest BCUT2D eigenvalue weighted by molar-refractivity contribution is 7.87. The summed E-state index contributed by atoms with van der Waals surface area (Å²) in [7, 11) is 1.88. The van der Waals surface area contributed by atoms with Crippen LogP contribution in [0.25, 0.3) is 16.9 Å². The molecule has 0 spiro atoms. The normalized spacial score (nSPS) is 16.7. The minimum atomic E-state index is -5.56. The molecular weight excluding hydrogens is 1040 g/mol. The third-order valence-corrected chi connectivity index (χ3v) is 15.4. The quantitative estimate of drug-likeness (QED) is 0.0423. The zero-order valence-corrected chi connectivity index (χ0v) is 48.4. The Morgan fingerprint density at radius 1 is 0.603 bits per heavy atom. The number of aromatic nitrogens is 4. The zero-order valence-electron chi connectivity index (χ0n) is 47.6. The molecule has 2 aromatic heterocycles. The Bertz CT molecular complexity index is 2790. The van der Waals surface area contributed by atoms with Crippen molar-refractivity contribution in [2.75, 3.05) is 94.5 Å². The van der Waals surface area contributed by atoms with Gasteiger partial charge in [0.25, 0.3) is 0 Å². The molecule has 22 heteroatoms. The monoisotopic (exact) mass is 1120 g/mol. The van der Waals surface area contributed by atoms with Crippen LogP contribution in [0.15, 0.2) is 67.0 Å². The number of benzene rings is 2. The van der Waals surface area contributed by atoms with Crippen LogP contribution in [-0.4, -0.2) is 167 Å². The lowest BCUT2D eigenvalue weighted by Gasteiger charge is -2.36. The summed E-state index contributed by atoms with van der Waals surface area (Å²) in [5, 5.41) is 8.82. The van der Waals surface area contributed by atoms with E-state index in [0.29, 0.717) is 43.9 Å². The van der Waals surface area contributed by atoms with Crippen molar-refractivity contribution in [2.45, 2.75) is 105 Å². The van der Waals surface area contributed by atoms with Crippen molar-refractivity contribution in [1.29, 1.82) is 0 Å². The second kappa shape index (κ2) is 26.9. The average Bonchev–Trinajstić information content (AvgIpc) is 4.10. The fourth-order valence-corrected chi connectivity index (χ4v) is 10.7. The molecule has 7 rings (SSSR count). The first kappa shape index (κ1) is 63.0. The summed E-state index contributed by atoms with van der Waals surface area (Å²) in [4.78, 5) is 42.0. The number of halogens is 3. The van der Waals surface area contributed by atoms with E-state index >= 15 is 0 Å². The van der Waals surface area contributed by atoms with E-state index < -0.39 is 38.0 Å². The molecule has 5 heterocycles. The standard InChI is InChI=1S/C22H31N3O3.C22H29N3O3.C12H20F3NO5S/c2*1-16-14-18(6-7-19(16)25-13-10-20(23-25)27-4)17-8-11-24(12-9-17)15-22(2,3)21(26)28-5;1-11(2,10(17)20-3)8-16-6-4-9(5-7-16)21-22(18,19)12(13,14)15/h6-7,10,13-14,17H,8-9,11-12,15H2,1-5H3;6-8,10,13-14H,9,11-12,15H2,1-5H3;9H,4-8H2,1-3H3. The number of carbonyl (C=O) groups is 3. The molecule has 0 atom stereocenters. The van der Waals surface area contributed by atoms with Gasteiger partial charge in [-0.1, -0.05) is 24.3 Å². The number of methoxy groups -OCH3 is 5. The predicted octanol–water partition coefficient (Wildman–Crippen LogP) is 8.56. The van der Waals surface area contributed by atoms with E-state index in [2.05, 4.69) is 85.2 Å². The summed E-state index contributed by atoms with van der Waals surface area (Å²) in [6, 6.07) is 16.8. The van der Waals surface area contributed by atoms with Crippen LogP contribution < -0.4 is 9.47 Å². The Kier molecular flexibility index (Phi) is 21.7. The van der Waals surface area contributed by atoms with Gasteiger partial charge in [-0.2, -0.15) is 21.6 Å². The van der Waals surface area contributed by atoms with E-state index in [-0.39, 0.29) is 30.7 Å². The Labute approximate surface area is 458 Å². The first-order valence-electron chi connectivity index (χ1n) is 26.1. The topological polar surface area (TPSA) is 186 Å². The van der Waals surface area contributed by atoms with Crippen molar-refractivity contribution >= 4 is 33.6 Å². The van der Waals surface area contributed by atoms with Gasteiger partial charge in [0.15, 0.2) is 0 Å². The van der Waals surface area contributed by atoms with Gasteiger partial charge >= 0.3 is 33.5 Å². The molecule has 0 bridgehead atoms. The molecule has 3 aliphatic rings. The van der Waals surface area contributed by atoms with Gasteiger partial charge in [0.2, 0.25) is 11.8 Å². The van der Waals surface area contributed by atoms with Gasteiger partial charge in [-0.15, -0.1) is 10.2 Å². The van der Waals surface area contributed by atoms with Gasteiger partial charge in [-0.3, -0.25) is 23.5 Å². The first-order chi connectivity index (χ1) is 36.6. The fourth-order valence-electron chi connectivity index (χ4n) is 10.0. The average molecular weight is 1120 g/mol. The van der Waals surface area contributed by atoms with Crippen LogP contribution in [0.1, 0.15) is 102 Å². The molecular formula is C56H80F3N7O11S. The summed E-state index contributed by atoms with van der Waals surface area (Å²) < 4.78 is 91.4. The molecule has 3 aliphatic heterocycles. The van der Waals surface area contributed by atoms with Crippen LogP contribution in [0.3, 0.4) is 0 Å². The molecule has 0 radical (unpaired) electrons. The van der Waals surface area contributed by atoms with E-state index in [0.717, 1.165) is 63.4 Å². The lowest BCUT2D eigenvalue weighted by Crippen LogP contribution is -2.45. The van der Waals surface area contributed by atoms with E-state index in [1.165, 1.54) is 49.2 Å². The van der Waals surface area contributed by atoms with Gasteiger partial charge in [0.1, 0.15) is 0 Å². The molecule has 0 aliphatic carbocycles. The lowest BCUT2D eigenvalue weighted by atomic mass is 9.86. The SMILES string of the molecule is COC(=O)C(C)(C)CN1CC=C(c2ccc(-n3ccc(OC)n3)c(C)c2)CC1.COC(=O)C(C)(C)CN1CCC(OS(=O)(=O)C(F)(F)F)CC1.COC(=O)C(C)(C)CN1CCC(c2ccc(-n3ccc(OC)n3)c(C)c2)CC1. The third-order valence-electron chi connectivity index (χ3n) is 14.3. The number of hydrogen-bond acceptors (Lipinski definition) is 16. The summed E-state index contributed by atoms with van der Waals surface area (Å²) in [5.41, 5.74) is 1.34. The van der Waals surface area contributed by atoms with Crippen LogP contribution in [-0.2, 0) is 42.9 Å². The number of rotatable bonds is 17. The van der Waals surface area contributed by atoms with E-state index in [1.54, 1.807) is 28.1 Å². The van der Waals surface area contributed by atoms with E-state index in [1.807, 2.05) is 66.5 Å². The molecule has 0 N–H and O–H groups in total. The number of carbonyl (C=O) groups excluding carboxylic acids is 3. The Morgan fingerprint density at radius 3 is 1.42 bits per heavy atom. The first-order valence-corrected chi connectivity index (χ1v) is 27.5. The summed E-state index contributed by atoms with van der Waals surface area (Å²) in [6.45, 7) is 21.7. The Morgan fingerprint density at radius 2 is 1.04 bits per heavy atom. The molecule has 2 saturated heterocycles. The summed E-state index contributed by atoms with van der Waals surface area (Å²) in [6.07, 6.45) is 8.55. The van der Waals surface area contributed by atoms with Gasteiger partial charge < -0.3 is 33.5 Å². The summed E-state index contributed by atoms with van der Waals surface area (Å²) >= 11 is 0. The van der Waals surface area contributed by atoms with Crippen LogP contribution in [0.4, 0.5) is 13.2 Å². The highest BCUT2D eigenvalue weighted by Gasteiger charge is 2.49. The third kappa shape index (κ3) is 16.9. The molecule has 4 aromatic rings. The summed E-state index contributed by atoms with van der Waals surface area (Å²) in [5.74, 6) is 1.09. The maximum Gasteiger partial charge on any atom is 0.523 e.